The highest BCUT2D eigenvalue weighted by atomic mass is 16.5. The van der Waals surface area contributed by atoms with E-state index in [1.54, 1.807) is 19.1 Å². The smallest absolute Gasteiger partial charge is 0.373 e. The fourth-order valence-corrected chi connectivity index (χ4v) is 3.40. The van der Waals surface area contributed by atoms with Gasteiger partial charge in [-0.25, -0.2) is 4.79 Å². The van der Waals surface area contributed by atoms with Crippen molar-refractivity contribution in [3.05, 3.63) is 107 Å². The summed E-state index contributed by atoms with van der Waals surface area (Å²) in [7, 11) is 0. The summed E-state index contributed by atoms with van der Waals surface area (Å²) >= 11 is 0. The Bertz CT molecular complexity index is 1170. The van der Waals surface area contributed by atoms with E-state index in [-0.39, 0.29) is 24.7 Å². The van der Waals surface area contributed by atoms with Gasteiger partial charge >= 0.3 is 5.97 Å². The number of aliphatic hydroxyl groups is 1. The Morgan fingerprint density at radius 3 is 1.91 bits per heavy atom. The maximum absolute atomic E-state index is 13.1. The molecule has 0 aliphatic heterocycles. The summed E-state index contributed by atoms with van der Waals surface area (Å²) in [5, 5.41) is 10.0. The Labute approximate surface area is 205 Å². The third-order valence-corrected chi connectivity index (χ3v) is 5.23. The maximum atomic E-state index is 13.1. The standard InChI is InChI=1S/C29H30O6/c1-4-33-29(32)26(31)16-25(30)24-15-23(20(2)3)27(34-18-21-11-7-5-8-12-21)17-28(24)35-19-22-13-9-6-10-14-22/h5-17,20,31H,4,18-19H2,1-3H3/b26-16-. The van der Waals surface area contributed by atoms with Crippen LogP contribution in [0.5, 0.6) is 11.5 Å². The molecular formula is C29H30O6. The molecule has 0 aliphatic carbocycles. The summed E-state index contributed by atoms with van der Waals surface area (Å²) in [6, 6.07) is 22.7. The van der Waals surface area contributed by atoms with Crippen LogP contribution in [-0.2, 0) is 22.7 Å². The molecule has 0 radical (unpaired) electrons. The van der Waals surface area contributed by atoms with Crippen LogP contribution in [0.3, 0.4) is 0 Å². The number of hydrogen-bond acceptors (Lipinski definition) is 6. The zero-order valence-corrected chi connectivity index (χ0v) is 20.2. The number of ketones is 1. The fourth-order valence-electron chi connectivity index (χ4n) is 3.40. The molecule has 3 aromatic rings. The second-order valence-corrected chi connectivity index (χ2v) is 8.20. The molecule has 0 saturated heterocycles. The molecule has 0 amide bonds. The molecule has 1 N–H and O–H groups in total. The highest BCUT2D eigenvalue weighted by Gasteiger charge is 2.21. The monoisotopic (exact) mass is 474 g/mol. The summed E-state index contributed by atoms with van der Waals surface area (Å²) in [5.74, 6) is -1.37. The molecule has 3 aromatic carbocycles. The molecule has 0 atom stereocenters. The molecule has 0 aromatic heterocycles. The fraction of sp³-hybridized carbons (Fsp3) is 0.241. The van der Waals surface area contributed by atoms with Gasteiger partial charge in [0, 0.05) is 12.1 Å². The number of ether oxygens (including phenoxy) is 3. The van der Waals surface area contributed by atoms with Crippen molar-refractivity contribution in [1.82, 2.24) is 0 Å². The first-order chi connectivity index (χ1) is 16.9. The number of esters is 1. The number of aliphatic hydroxyl groups excluding tert-OH is 1. The SMILES string of the molecule is CCOC(=O)/C(O)=C/C(=O)c1cc(C(C)C)c(OCc2ccccc2)cc1OCc1ccccc1. The first kappa shape index (κ1) is 25.6. The number of rotatable bonds is 11. The van der Waals surface area contributed by atoms with E-state index < -0.39 is 17.5 Å². The summed E-state index contributed by atoms with van der Waals surface area (Å²) in [6.07, 6.45) is 0.858. The molecule has 35 heavy (non-hydrogen) atoms. The molecule has 0 aliphatic rings. The van der Waals surface area contributed by atoms with Crippen molar-refractivity contribution in [2.45, 2.75) is 39.9 Å². The van der Waals surface area contributed by atoms with Gasteiger partial charge in [0.2, 0.25) is 5.76 Å². The summed E-state index contributed by atoms with van der Waals surface area (Å²) in [6.45, 7) is 6.28. The Balaban J connectivity index is 1.98. The first-order valence-electron chi connectivity index (χ1n) is 11.5. The van der Waals surface area contributed by atoms with E-state index >= 15 is 0 Å². The molecule has 6 nitrogen and oxygen atoms in total. The second-order valence-electron chi connectivity index (χ2n) is 8.20. The van der Waals surface area contributed by atoms with Crippen LogP contribution < -0.4 is 9.47 Å². The van der Waals surface area contributed by atoms with Gasteiger partial charge in [-0.15, -0.1) is 0 Å². The van der Waals surface area contributed by atoms with E-state index in [9.17, 15) is 14.7 Å². The minimum absolute atomic E-state index is 0.0399. The van der Waals surface area contributed by atoms with Gasteiger partial charge in [-0.2, -0.15) is 0 Å². The third kappa shape index (κ3) is 7.21. The predicted octanol–water partition coefficient (Wildman–Crippen LogP) is 6.16. The molecule has 0 bridgehead atoms. The second kappa shape index (κ2) is 12.4. The van der Waals surface area contributed by atoms with Gasteiger partial charge in [0.1, 0.15) is 24.7 Å². The van der Waals surface area contributed by atoms with Crippen molar-refractivity contribution >= 4 is 11.8 Å². The van der Waals surface area contributed by atoms with Crippen molar-refractivity contribution in [1.29, 1.82) is 0 Å². The third-order valence-electron chi connectivity index (χ3n) is 5.23. The number of carbonyl (C=O) groups is 2. The Kier molecular flexibility index (Phi) is 9.07. The van der Waals surface area contributed by atoms with Gasteiger partial charge < -0.3 is 19.3 Å². The van der Waals surface area contributed by atoms with E-state index in [1.165, 1.54) is 0 Å². The molecule has 0 spiro atoms. The minimum atomic E-state index is -0.959. The summed E-state index contributed by atoms with van der Waals surface area (Å²) < 4.78 is 16.9. The maximum Gasteiger partial charge on any atom is 0.373 e. The van der Waals surface area contributed by atoms with Crippen LogP contribution in [0.25, 0.3) is 0 Å². The number of allylic oxidation sites excluding steroid dienone is 1. The van der Waals surface area contributed by atoms with Crippen molar-refractivity contribution in [2.24, 2.45) is 0 Å². The van der Waals surface area contributed by atoms with Crippen LogP contribution in [0.1, 0.15) is 53.7 Å². The van der Waals surface area contributed by atoms with E-state index in [0.717, 1.165) is 22.8 Å². The van der Waals surface area contributed by atoms with Crippen molar-refractivity contribution in [3.63, 3.8) is 0 Å². The summed E-state index contributed by atoms with van der Waals surface area (Å²) in [4.78, 5) is 24.9. The zero-order chi connectivity index (χ0) is 25.2. The topological polar surface area (TPSA) is 82.1 Å². The highest BCUT2D eigenvalue weighted by Crippen LogP contribution is 2.35. The molecule has 6 heteroatoms. The first-order valence-corrected chi connectivity index (χ1v) is 11.5. The van der Waals surface area contributed by atoms with Gasteiger partial charge in [0.15, 0.2) is 5.78 Å². The zero-order valence-electron chi connectivity index (χ0n) is 20.2. The van der Waals surface area contributed by atoms with E-state index in [0.29, 0.717) is 18.1 Å². The van der Waals surface area contributed by atoms with Crippen LogP contribution in [0.15, 0.2) is 84.6 Å². The Morgan fingerprint density at radius 1 is 0.857 bits per heavy atom. The van der Waals surface area contributed by atoms with Crippen LogP contribution in [0.4, 0.5) is 0 Å². The Hall–Kier alpha value is -4.06. The van der Waals surface area contributed by atoms with Gasteiger partial charge in [0.05, 0.1) is 12.2 Å². The quantitative estimate of drug-likeness (QED) is 0.155. The average Bonchev–Trinajstić information content (AvgIpc) is 2.87. The number of carbonyl (C=O) groups excluding carboxylic acids is 2. The molecule has 3 rings (SSSR count). The lowest BCUT2D eigenvalue weighted by atomic mass is 9.96. The average molecular weight is 475 g/mol. The van der Waals surface area contributed by atoms with Gasteiger partial charge in [-0.1, -0.05) is 74.5 Å². The van der Waals surface area contributed by atoms with Crippen LogP contribution in [0.2, 0.25) is 0 Å². The molecular weight excluding hydrogens is 444 g/mol. The van der Waals surface area contributed by atoms with Crippen molar-refractivity contribution < 1.29 is 28.9 Å². The van der Waals surface area contributed by atoms with Gasteiger partial charge in [-0.05, 0) is 35.6 Å². The summed E-state index contributed by atoms with van der Waals surface area (Å²) in [5.41, 5.74) is 2.96. The molecule has 182 valence electrons. The molecule has 0 fully saturated rings. The largest absolute Gasteiger partial charge is 0.502 e. The Morgan fingerprint density at radius 2 is 1.40 bits per heavy atom. The lowest BCUT2D eigenvalue weighted by Gasteiger charge is -2.19. The predicted molar refractivity (Wildman–Crippen MR) is 134 cm³/mol. The lowest BCUT2D eigenvalue weighted by Crippen LogP contribution is -2.11. The van der Waals surface area contributed by atoms with E-state index in [2.05, 4.69) is 0 Å². The molecule has 0 unspecified atom stereocenters. The van der Waals surface area contributed by atoms with Crippen LogP contribution in [0, 0.1) is 0 Å². The van der Waals surface area contributed by atoms with Crippen molar-refractivity contribution in [3.8, 4) is 11.5 Å². The lowest BCUT2D eigenvalue weighted by molar-refractivity contribution is -0.141. The van der Waals surface area contributed by atoms with Crippen molar-refractivity contribution in [2.75, 3.05) is 6.61 Å². The van der Waals surface area contributed by atoms with Crippen LogP contribution >= 0.6 is 0 Å². The normalized spacial score (nSPS) is 11.3. The van der Waals surface area contributed by atoms with E-state index in [1.807, 2.05) is 74.5 Å². The highest BCUT2D eigenvalue weighted by molar-refractivity contribution is 6.09. The number of benzene rings is 3. The van der Waals surface area contributed by atoms with Gasteiger partial charge in [0.25, 0.3) is 0 Å². The minimum Gasteiger partial charge on any atom is -0.502 e. The van der Waals surface area contributed by atoms with Crippen LogP contribution in [-0.4, -0.2) is 23.5 Å². The van der Waals surface area contributed by atoms with E-state index in [4.69, 9.17) is 14.2 Å². The number of hydrogen-bond donors (Lipinski definition) is 1. The molecule has 0 saturated carbocycles. The molecule has 0 heterocycles. The van der Waals surface area contributed by atoms with Gasteiger partial charge in [-0.3, -0.25) is 4.79 Å².